The minimum absolute atomic E-state index is 0.158. The molecule has 1 aromatic carbocycles. The van der Waals surface area contributed by atoms with Crippen molar-refractivity contribution in [2.75, 3.05) is 6.54 Å². The average Bonchev–Trinajstić information content (AvgIpc) is 2.52. The zero-order valence-corrected chi connectivity index (χ0v) is 12.3. The Morgan fingerprint density at radius 1 is 1.29 bits per heavy atom. The van der Waals surface area contributed by atoms with Crippen molar-refractivity contribution in [3.8, 4) is 6.07 Å². The first-order valence-corrected chi connectivity index (χ1v) is 7.64. The third-order valence-electron chi connectivity index (χ3n) is 4.22. The number of benzene rings is 1. The summed E-state index contributed by atoms with van der Waals surface area (Å²) < 4.78 is 0. The second-order valence-corrected chi connectivity index (χ2v) is 5.67. The highest BCUT2D eigenvalue weighted by Gasteiger charge is 2.22. The minimum Gasteiger partial charge on any atom is -0.481 e. The van der Waals surface area contributed by atoms with Crippen molar-refractivity contribution in [2.45, 2.75) is 51.1 Å². The largest absolute Gasteiger partial charge is 0.481 e. The predicted octanol–water partition coefficient (Wildman–Crippen LogP) is 3.17. The smallest absolute Gasteiger partial charge is 0.304 e. The van der Waals surface area contributed by atoms with Crippen LogP contribution in [0.2, 0.25) is 0 Å². The van der Waals surface area contributed by atoms with Crippen LogP contribution in [0.4, 0.5) is 0 Å². The number of hydrogen-bond acceptors (Lipinski definition) is 3. The van der Waals surface area contributed by atoms with Gasteiger partial charge in [-0.3, -0.25) is 9.69 Å². The Kier molecular flexibility index (Phi) is 5.77. The van der Waals surface area contributed by atoms with Gasteiger partial charge in [0.15, 0.2) is 0 Å². The van der Waals surface area contributed by atoms with Gasteiger partial charge in [0, 0.05) is 19.1 Å². The summed E-state index contributed by atoms with van der Waals surface area (Å²) >= 11 is 0. The lowest BCUT2D eigenvalue weighted by Gasteiger charge is -2.34. The molecule has 1 N–H and O–H groups in total. The zero-order chi connectivity index (χ0) is 15.1. The molecule has 1 aliphatic carbocycles. The van der Waals surface area contributed by atoms with E-state index in [-0.39, 0.29) is 6.42 Å². The molecule has 0 radical (unpaired) electrons. The normalized spacial score (nSPS) is 15.8. The maximum atomic E-state index is 10.9. The van der Waals surface area contributed by atoms with E-state index in [4.69, 9.17) is 5.11 Å². The van der Waals surface area contributed by atoms with Crippen LogP contribution in [0.3, 0.4) is 0 Å². The molecule has 0 saturated heterocycles. The fourth-order valence-electron chi connectivity index (χ4n) is 3.06. The van der Waals surface area contributed by atoms with Crippen LogP contribution in [-0.2, 0) is 11.3 Å². The van der Waals surface area contributed by atoms with Crippen LogP contribution in [0.15, 0.2) is 24.3 Å². The van der Waals surface area contributed by atoms with Crippen molar-refractivity contribution in [1.29, 1.82) is 5.26 Å². The fourth-order valence-corrected chi connectivity index (χ4v) is 3.06. The summed E-state index contributed by atoms with van der Waals surface area (Å²) in [5, 5.41) is 18.1. The molecule has 0 atom stereocenters. The van der Waals surface area contributed by atoms with Gasteiger partial charge in [0.05, 0.1) is 18.1 Å². The molecule has 4 nitrogen and oxygen atoms in total. The van der Waals surface area contributed by atoms with Crippen molar-refractivity contribution in [1.82, 2.24) is 4.90 Å². The first kappa shape index (κ1) is 15.5. The summed E-state index contributed by atoms with van der Waals surface area (Å²) in [5.41, 5.74) is 1.68. The van der Waals surface area contributed by atoms with Crippen LogP contribution < -0.4 is 0 Å². The zero-order valence-electron chi connectivity index (χ0n) is 12.3. The molecule has 2 rings (SSSR count). The molecule has 0 aromatic heterocycles. The summed E-state index contributed by atoms with van der Waals surface area (Å²) in [7, 11) is 0. The van der Waals surface area contributed by atoms with E-state index in [1.807, 2.05) is 24.3 Å². The molecule has 0 bridgehead atoms. The molecule has 1 saturated carbocycles. The molecule has 0 aliphatic heterocycles. The Labute approximate surface area is 126 Å². The lowest BCUT2D eigenvalue weighted by molar-refractivity contribution is -0.137. The van der Waals surface area contributed by atoms with Gasteiger partial charge in [0.2, 0.25) is 0 Å². The molecule has 0 amide bonds. The van der Waals surface area contributed by atoms with Crippen molar-refractivity contribution in [3.05, 3.63) is 35.4 Å². The van der Waals surface area contributed by atoms with E-state index >= 15 is 0 Å². The summed E-state index contributed by atoms with van der Waals surface area (Å²) in [5.74, 6) is -0.760. The Hall–Kier alpha value is -1.86. The van der Waals surface area contributed by atoms with Gasteiger partial charge in [-0.2, -0.15) is 5.26 Å². The molecular weight excluding hydrogens is 264 g/mol. The molecule has 112 valence electrons. The number of nitrogens with zero attached hydrogens (tertiary/aromatic N) is 2. The molecule has 1 aliphatic rings. The molecule has 21 heavy (non-hydrogen) atoms. The van der Waals surface area contributed by atoms with Crippen LogP contribution >= 0.6 is 0 Å². The number of nitriles is 1. The maximum Gasteiger partial charge on any atom is 0.304 e. The van der Waals surface area contributed by atoms with E-state index in [0.717, 1.165) is 18.4 Å². The topological polar surface area (TPSA) is 64.3 Å². The average molecular weight is 286 g/mol. The minimum atomic E-state index is -0.760. The second-order valence-electron chi connectivity index (χ2n) is 5.67. The predicted molar refractivity (Wildman–Crippen MR) is 80.7 cm³/mol. The standard InChI is InChI=1S/C17H22N2O2/c18-12-14-6-4-5-7-15(14)13-19(11-10-17(20)21)16-8-2-1-3-9-16/h4-7,16H,1-3,8-11,13H2,(H,20,21). The van der Waals surface area contributed by atoms with Gasteiger partial charge in [0.25, 0.3) is 0 Å². The fraction of sp³-hybridized carbons (Fsp3) is 0.529. The van der Waals surface area contributed by atoms with Crippen LogP contribution in [0.25, 0.3) is 0 Å². The lowest BCUT2D eigenvalue weighted by atomic mass is 9.93. The van der Waals surface area contributed by atoms with Gasteiger partial charge in [0.1, 0.15) is 0 Å². The molecule has 0 unspecified atom stereocenters. The van der Waals surface area contributed by atoms with Gasteiger partial charge in [-0.1, -0.05) is 37.5 Å². The molecule has 0 spiro atoms. The highest BCUT2D eigenvalue weighted by Crippen LogP contribution is 2.25. The summed E-state index contributed by atoms with van der Waals surface area (Å²) in [6.45, 7) is 1.22. The monoisotopic (exact) mass is 286 g/mol. The molecule has 4 heteroatoms. The Morgan fingerprint density at radius 2 is 2.00 bits per heavy atom. The van der Waals surface area contributed by atoms with Gasteiger partial charge in [-0.05, 0) is 24.5 Å². The number of aliphatic carboxylic acids is 1. The van der Waals surface area contributed by atoms with E-state index in [1.165, 1.54) is 19.3 Å². The van der Waals surface area contributed by atoms with E-state index in [9.17, 15) is 10.1 Å². The lowest BCUT2D eigenvalue weighted by Crippen LogP contribution is -2.37. The van der Waals surface area contributed by atoms with Gasteiger partial charge in [-0.15, -0.1) is 0 Å². The quantitative estimate of drug-likeness (QED) is 0.872. The Morgan fingerprint density at radius 3 is 2.67 bits per heavy atom. The van der Waals surface area contributed by atoms with Crippen LogP contribution in [-0.4, -0.2) is 28.6 Å². The highest BCUT2D eigenvalue weighted by molar-refractivity contribution is 5.66. The van der Waals surface area contributed by atoms with Crippen LogP contribution in [0.1, 0.15) is 49.7 Å². The summed E-state index contributed by atoms with van der Waals surface area (Å²) in [6.07, 6.45) is 6.13. The third-order valence-corrected chi connectivity index (χ3v) is 4.22. The first-order chi connectivity index (χ1) is 10.2. The highest BCUT2D eigenvalue weighted by atomic mass is 16.4. The van der Waals surface area contributed by atoms with E-state index in [2.05, 4.69) is 11.0 Å². The van der Waals surface area contributed by atoms with Gasteiger partial charge < -0.3 is 5.11 Å². The Balaban J connectivity index is 2.10. The van der Waals surface area contributed by atoms with Crippen LogP contribution in [0.5, 0.6) is 0 Å². The number of carboxylic acid groups (broad SMARTS) is 1. The van der Waals surface area contributed by atoms with Gasteiger partial charge >= 0.3 is 5.97 Å². The maximum absolute atomic E-state index is 10.9. The summed E-state index contributed by atoms with van der Waals surface area (Å²) in [4.78, 5) is 13.1. The molecule has 0 heterocycles. The number of carbonyl (C=O) groups is 1. The van der Waals surface area contributed by atoms with Crippen molar-refractivity contribution >= 4 is 5.97 Å². The van der Waals surface area contributed by atoms with Crippen molar-refractivity contribution in [2.24, 2.45) is 0 Å². The number of carboxylic acids is 1. The molecular formula is C17H22N2O2. The number of hydrogen-bond donors (Lipinski definition) is 1. The van der Waals surface area contributed by atoms with Crippen molar-refractivity contribution < 1.29 is 9.90 Å². The van der Waals surface area contributed by atoms with E-state index in [1.54, 1.807) is 0 Å². The van der Waals surface area contributed by atoms with Crippen molar-refractivity contribution in [3.63, 3.8) is 0 Å². The third kappa shape index (κ3) is 4.57. The van der Waals surface area contributed by atoms with E-state index in [0.29, 0.717) is 24.7 Å². The van der Waals surface area contributed by atoms with Crippen LogP contribution in [0, 0.1) is 11.3 Å². The molecule has 1 fully saturated rings. The van der Waals surface area contributed by atoms with Gasteiger partial charge in [-0.25, -0.2) is 0 Å². The van der Waals surface area contributed by atoms with E-state index < -0.39 is 5.97 Å². The summed E-state index contributed by atoms with van der Waals surface area (Å²) in [6, 6.07) is 10.3. The number of rotatable bonds is 6. The Bertz CT molecular complexity index is 516. The second kappa shape index (κ2) is 7.80. The SMILES string of the molecule is N#Cc1ccccc1CN(CCC(=O)O)C1CCCCC1. The molecule has 1 aromatic rings. The first-order valence-electron chi connectivity index (χ1n) is 7.64.